The standard InChI is InChI=1S/C16H20N2O3S/c1-16(20,13-5-6-22-10-13)11-18-15(19)4-3-12-7-14(21-2)9-17-8-12/h5-10,20H,3-4,11H2,1-2H3,(H,18,19). The van der Waals surface area contributed by atoms with Gasteiger partial charge in [-0.15, -0.1) is 0 Å². The SMILES string of the molecule is COc1cncc(CCC(=O)NCC(C)(O)c2ccsc2)c1. The minimum absolute atomic E-state index is 0.0988. The smallest absolute Gasteiger partial charge is 0.220 e. The number of ether oxygens (including phenoxy) is 1. The van der Waals surface area contributed by atoms with Gasteiger partial charge in [0, 0.05) is 12.6 Å². The summed E-state index contributed by atoms with van der Waals surface area (Å²) < 4.78 is 5.10. The molecule has 6 heteroatoms. The van der Waals surface area contributed by atoms with Gasteiger partial charge in [0.2, 0.25) is 5.91 Å². The molecular formula is C16H20N2O3S. The molecule has 0 saturated carbocycles. The topological polar surface area (TPSA) is 71.5 Å². The monoisotopic (exact) mass is 320 g/mol. The van der Waals surface area contributed by atoms with E-state index >= 15 is 0 Å². The highest BCUT2D eigenvalue weighted by Crippen LogP contribution is 2.22. The van der Waals surface area contributed by atoms with Crippen LogP contribution in [0.1, 0.15) is 24.5 Å². The largest absolute Gasteiger partial charge is 0.495 e. The van der Waals surface area contributed by atoms with Crippen LogP contribution in [0.25, 0.3) is 0 Å². The second kappa shape index (κ2) is 7.38. The third-order valence-electron chi connectivity index (χ3n) is 3.42. The summed E-state index contributed by atoms with van der Waals surface area (Å²) in [5.74, 6) is 0.580. The Morgan fingerprint density at radius 1 is 1.50 bits per heavy atom. The predicted molar refractivity (Wildman–Crippen MR) is 86.0 cm³/mol. The van der Waals surface area contributed by atoms with Crippen molar-refractivity contribution < 1.29 is 14.6 Å². The molecule has 2 aromatic heterocycles. The van der Waals surface area contributed by atoms with Gasteiger partial charge in [0.15, 0.2) is 0 Å². The molecule has 5 nitrogen and oxygen atoms in total. The number of nitrogens with one attached hydrogen (secondary N) is 1. The molecule has 1 amide bonds. The molecule has 0 aliphatic carbocycles. The lowest BCUT2D eigenvalue weighted by Gasteiger charge is -2.22. The fourth-order valence-electron chi connectivity index (χ4n) is 2.00. The Bertz CT molecular complexity index is 612. The first kappa shape index (κ1) is 16.5. The normalized spacial score (nSPS) is 13.4. The van der Waals surface area contributed by atoms with Crippen molar-refractivity contribution in [1.29, 1.82) is 0 Å². The Hall–Kier alpha value is -1.92. The van der Waals surface area contributed by atoms with Crippen LogP contribution >= 0.6 is 11.3 Å². The van der Waals surface area contributed by atoms with Crippen molar-refractivity contribution in [2.45, 2.75) is 25.4 Å². The molecule has 0 spiro atoms. The number of pyridine rings is 1. The van der Waals surface area contributed by atoms with E-state index in [2.05, 4.69) is 10.3 Å². The maximum absolute atomic E-state index is 11.9. The fourth-order valence-corrected chi connectivity index (χ4v) is 2.78. The van der Waals surface area contributed by atoms with Crippen molar-refractivity contribution >= 4 is 17.2 Å². The average Bonchev–Trinajstić information content (AvgIpc) is 3.06. The van der Waals surface area contributed by atoms with Crippen LogP contribution in [0.4, 0.5) is 0 Å². The molecule has 0 aromatic carbocycles. The number of rotatable bonds is 7. The van der Waals surface area contributed by atoms with Gasteiger partial charge in [0.25, 0.3) is 0 Å². The molecule has 2 aromatic rings. The molecule has 118 valence electrons. The van der Waals surface area contributed by atoms with Crippen LogP contribution in [0.3, 0.4) is 0 Å². The summed E-state index contributed by atoms with van der Waals surface area (Å²) in [6.45, 7) is 1.89. The zero-order valence-electron chi connectivity index (χ0n) is 12.7. The summed E-state index contributed by atoms with van der Waals surface area (Å²) >= 11 is 1.52. The molecular weight excluding hydrogens is 300 g/mol. The minimum atomic E-state index is -1.05. The van der Waals surface area contributed by atoms with Gasteiger partial charge in [-0.25, -0.2) is 0 Å². The number of nitrogens with zero attached hydrogens (tertiary/aromatic N) is 1. The van der Waals surface area contributed by atoms with E-state index in [1.165, 1.54) is 11.3 Å². The molecule has 0 fully saturated rings. The Labute approximate surface area is 134 Å². The van der Waals surface area contributed by atoms with Crippen molar-refractivity contribution in [3.8, 4) is 5.75 Å². The molecule has 2 N–H and O–H groups in total. The Morgan fingerprint density at radius 2 is 2.32 bits per heavy atom. The summed E-state index contributed by atoms with van der Waals surface area (Å²) in [6, 6.07) is 3.72. The second-order valence-corrected chi connectivity index (χ2v) is 6.08. The molecule has 0 saturated heterocycles. The molecule has 1 unspecified atom stereocenters. The third-order valence-corrected chi connectivity index (χ3v) is 4.10. The van der Waals surface area contributed by atoms with Crippen LogP contribution < -0.4 is 10.1 Å². The quantitative estimate of drug-likeness (QED) is 0.819. The summed E-state index contributed by atoms with van der Waals surface area (Å²) in [5.41, 5.74) is 0.710. The van der Waals surface area contributed by atoms with Crippen LogP contribution in [-0.2, 0) is 16.8 Å². The number of aryl methyl sites for hydroxylation is 1. The van der Waals surface area contributed by atoms with Crippen LogP contribution in [0.15, 0.2) is 35.3 Å². The Kier molecular flexibility index (Phi) is 5.51. The lowest BCUT2D eigenvalue weighted by molar-refractivity contribution is -0.122. The van der Waals surface area contributed by atoms with E-state index in [1.807, 2.05) is 22.9 Å². The molecule has 0 radical (unpaired) electrons. The van der Waals surface area contributed by atoms with Gasteiger partial charge in [0.1, 0.15) is 11.4 Å². The van der Waals surface area contributed by atoms with Gasteiger partial charge in [-0.3, -0.25) is 9.78 Å². The summed E-state index contributed by atoms with van der Waals surface area (Å²) in [4.78, 5) is 16.0. The molecule has 2 rings (SSSR count). The van der Waals surface area contributed by atoms with Gasteiger partial charge >= 0.3 is 0 Å². The number of carbonyl (C=O) groups is 1. The summed E-state index contributed by atoms with van der Waals surface area (Å²) in [5, 5.41) is 16.9. The lowest BCUT2D eigenvalue weighted by atomic mass is 9.99. The highest BCUT2D eigenvalue weighted by Gasteiger charge is 2.24. The first-order valence-corrected chi connectivity index (χ1v) is 7.95. The highest BCUT2D eigenvalue weighted by molar-refractivity contribution is 7.08. The summed E-state index contributed by atoms with van der Waals surface area (Å²) in [7, 11) is 1.58. The summed E-state index contributed by atoms with van der Waals surface area (Å²) in [6.07, 6.45) is 4.27. The molecule has 22 heavy (non-hydrogen) atoms. The number of hydrogen-bond acceptors (Lipinski definition) is 5. The lowest BCUT2D eigenvalue weighted by Crippen LogP contribution is -2.38. The van der Waals surface area contributed by atoms with E-state index < -0.39 is 5.60 Å². The molecule has 1 atom stereocenters. The number of amides is 1. The second-order valence-electron chi connectivity index (χ2n) is 5.30. The predicted octanol–water partition coefficient (Wildman–Crippen LogP) is 2.11. The number of thiophene rings is 1. The van der Waals surface area contributed by atoms with E-state index in [4.69, 9.17) is 4.74 Å². The molecule has 0 aliphatic rings. The van der Waals surface area contributed by atoms with Crippen LogP contribution in [0.5, 0.6) is 5.75 Å². The first-order valence-electron chi connectivity index (χ1n) is 7.01. The average molecular weight is 320 g/mol. The van der Waals surface area contributed by atoms with Gasteiger partial charge in [-0.1, -0.05) is 0 Å². The van der Waals surface area contributed by atoms with Crippen LogP contribution in [0.2, 0.25) is 0 Å². The van der Waals surface area contributed by atoms with Gasteiger partial charge in [0.05, 0.1) is 19.9 Å². The molecule has 2 heterocycles. The van der Waals surface area contributed by atoms with Crippen LogP contribution in [0, 0.1) is 0 Å². The van der Waals surface area contributed by atoms with E-state index in [0.29, 0.717) is 18.6 Å². The molecule has 0 aliphatic heterocycles. The van der Waals surface area contributed by atoms with Gasteiger partial charge < -0.3 is 15.2 Å². The Morgan fingerprint density at radius 3 is 3.00 bits per heavy atom. The number of aromatic nitrogens is 1. The van der Waals surface area contributed by atoms with Crippen LogP contribution in [-0.4, -0.2) is 29.7 Å². The van der Waals surface area contributed by atoms with Crippen molar-refractivity contribution in [2.75, 3.05) is 13.7 Å². The number of hydrogen-bond donors (Lipinski definition) is 2. The maximum atomic E-state index is 11.9. The van der Waals surface area contributed by atoms with E-state index in [0.717, 1.165) is 11.1 Å². The van der Waals surface area contributed by atoms with Crippen molar-refractivity contribution in [1.82, 2.24) is 10.3 Å². The number of methoxy groups -OCH3 is 1. The zero-order valence-corrected chi connectivity index (χ0v) is 13.5. The van der Waals surface area contributed by atoms with Gasteiger partial charge in [-0.2, -0.15) is 11.3 Å². The van der Waals surface area contributed by atoms with Crippen molar-refractivity contribution in [3.05, 3.63) is 46.4 Å². The number of aliphatic hydroxyl groups is 1. The molecule has 0 bridgehead atoms. The first-order chi connectivity index (χ1) is 10.5. The fraction of sp³-hybridized carbons (Fsp3) is 0.375. The third kappa shape index (κ3) is 4.54. The van der Waals surface area contributed by atoms with E-state index in [9.17, 15) is 9.90 Å². The van der Waals surface area contributed by atoms with E-state index in [-0.39, 0.29) is 12.5 Å². The van der Waals surface area contributed by atoms with Crippen molar-refractivity contribution in [3.63, 3.8) is 0 Å². The Balaban J connectivity index is 1.80. The number of carbonyl (C=O) groups excluding carboxylic acids is 1. The minimum Gasteiger partial charge on any atom is -0.495 e. The highest BCUT2D eigenvalue weighted by atomic mass is 32.1. The maximum Gasteiger partial charge on any atom is 0.220 e. The van der Waals surface area contributed by atoms with E-state index in [1.54, 1.807) is 26.4 Å². The van der Waals surface area contributed by atoms with Crippen molar-refractivity contribution in [2.24, 2.45) is 0 Å². The zero-order chi connectivity index (χ0) is 16.0. The van der Waals surface area contributed by atoms with Gasteiger partial charge in [-0.05, 0) is 47.4 Å².